The van der Waals surface area contributed by atoms with E-state index >= 15 is 0 Å². The Hall–Kier alpha value is -3.18. The van der Waals surface area contributed by atoms with Crippen molar-refractivity contribution in [1.29, 1.82) is 0 Å². The van der Waals surface area contributed by atoms with Gasteiger partial charge in [0.05, 0.1) is 20.1 Å². The number of aryl methyl sites for hydroxylation is 1. The van der Waals surface area contributed by atoms with Crippen LogP contribution in [0.2, 0.25) is 0 Å². The minimum Gasteiger partial charge on any atom is -0.497 e. The molecule has 0 aliphatic carbocycles. The van der Waals surface area contributed by atoms with Gasteiger partial charge in [-0.15, -0.1) is 0 Å². The van der Waals surface area contributed by atoms with Gasteiger partial charge >= 0.3 is 0 Å². The zero-order valence-corrected chi connectivity index (χ0v) is 15.3. The first-order valence-corrected chi connectivity index (χ1v) is 8.55. The lowest BCUT2D eigenvalue weighted by molar-refractivity contribution is 0.414. The molecule has 26 heavy (non-hydrogen) atoms. The zero-order chi connectivity index (χ0) is 18.4. The van der Waals surface area contributed by atoms with Crippen molar-refractivity contribution in [3.05, 3.63) is 95.1 Å². The SMILES string of the molecule is COc1ccc(C(C#Cc2ccc(C)cc2)c2ccc(OC)cc2)cc1. The molecule has 0 saturated heterocycles. The van der Waals surface area contributed by atoms with E-state index in [0.29, 0.717) is 0 Å². The molecule has 3 aromatic carbocycles. The van der Waals surface area contributed by atoms with Crippen LogP contribution in [0.3, 0.4) is 0 Å². The summed E-state index contributed by atoms with van der Waals surface area (Å²) in [5.74, 6) is 8.41. The molecule has 0 spiro atoms. The summed E-state index contributed by atoms with van der Waals surface area (Å²) in [5.41, 5.74) is 4.52. The van der Waals surface area contributed by atoms with Crippen LogP contribution in [0.25, 0.3) is 0 Å². The van der Waals surface area contributed by atoms with Gasteiger partial charge in [0.1, 0.15) is 11.5 Å². The molecule has 2 nitrogen and oxygen atoms in total. The third kappa shape index (κ3) is 4.26. The average molecular weight is 342 g/mol. The van der Waals surface area contributed by atoms with E-state index in [2.05, 4.69) is 67.3 Å². The van der Waals surface area contributed by atoms with E-state index in [1.165, 1.54) is 5.56 Å². The monoisotopic (exact) mass is 342 g/mol. The Morgan fingerprint density at radius 1 is 0.654 bits per heavy atom. The fourth-order valence-electron chi connectivity index (χ4n) is 2.74. The van der Waals surface area contributed by atoms with Crippen molar-refractivity contribution < 1.29 is 9.47 Å². The molecule has 3 aromatic rings. The maximum absolute atomic E-state index is 5.27. The summed E-state index contributed by atoms with van der Waals surface area (Å²) >= 11 is 0. The molecular weight excluding hydrogens is 320 g/mol. The minimum atomic E-state index is -0.0203. The number of benzene rings is 3. The second-order valence-corrected chi connectivity index (χ2v) is 6.11. The normalized spacial score (nSPS) is 10.2. The average Bonchev–Trinajstić information content (AvgIpc) is 2.70. The van der Waals surface area contributed by atoms with Crippen LogP contribution in [0.15, 0.2) is 72.8 Å². The lowest BCUT2D eigenvalue weighted by Crippen LogP contribution is -1.99. The van der Waals surface area contributed by atoms with Gasteiger partial charge in [-0.05, 0) is 54.4 Å². The molecule has 0 aromatic heterocycles. The largest absolute Gasteiger partial charge is 0.497 e. The number of hydrogen-bond donors (Lipinski definition) is 0. The Labute approximate surface area is 155 Å². The highest BCUT2D eigenvalue weighted by molar-refractivity contribution is 5.46. The highest BCUT2D eigenvalue weighted by Crippen LogP contribution is 2.27. The highest BCUT2D eigenvalue weighted by Gasteiger charge is 2.12. The van der Waals surface area contributed by atoms with Gasteiger partial charge in [-0.3, -0.25) is 0 Å². The van der Waals surface area contributed by atoms with Gasteiger partial charge in [0.25, 0.3) is 0 Å². The van der Waals surface area contributed by atoms with Gasteiger partial charge in [-0.25, -0.2) is 0 Å². The van der Waals surface area contributed by atoms with Gasteiger partial charge in [-0.1, -0.05) is 53.8 Å². The first-order valence-electron chi connectivity index (χ1n) is 8.55. The van der Waals surface area contributed by atoms with Crippen molar-refractivity contribution in [3.63, 3.8) is 0 Å². The van der Waals surface area contributed by atoms with Gasteiger partial charge in [0.2, 0.25) is 0 Å². The zero-order valence-electron chi connectivity index (χ0n) is 15.3. The predicted molar refractivity (Wildman–Crippen MR) is 106 cm³/mol. The van der Waals surface area contributed by atoms with E-state index < -0.39 is 0 Å². The smallest absolute Gasteiger partial charge is 0.118 e. The quantitative estimate of drug-likeness (QED) is 0.607. The predicted octanol–water partition coefficient (Wildman–Crippen LogP) is 5.20. The number of methoxy groups -OCH3 is 2. The van der Waals surface area contributed by atoms with Crippen LogP contribution in [0, 0.1) is 18.8 Å². The number of rotatable bonds is 4. The molecule has 0 radical (unpaired) electrons. The fourth-order valence-corrected chi connectivity index (χ4v) is 2.74. The van der Waals surface area contributed by atoms with Crippen molar-refractivity contribution in [3.8, 4) is 23.3 Å². The molecule has 0 amide bonds. The summed E-state index contributed by atoms with van der Waals surface area (Å²) in [6, 6.07) is 24.4. The Kier molecular flexibility index (Phi) is 5.61. The molecule has 0 atom stereocenters. The molecule has 3 rings (SSSR count). The van der Waals surface area contributed by atoms with Gasteiger partial charge in [0, 0.05) is 5.56 Å². The standard InChI is InChI=1S/C24H22O2/c1-18-4-6-19(7-5-18)8-17-24(20-9-13-22(25-2)14-10-20)21-11-15-23(26-3)16-12-21/h4-7,9-16,24H,1-3H3. The number of ether oxygens (including phenoxy) is 2. The summed E-state index contributed by atoms with van der Waals surface area (Å²) in [7, 11) is 3.35. The van der Waals surface area contributed by atoms with Crippen LogP contribution >= 0.6 is 0 Å². The third-order valence-corrected chi connectivity index (χ3v) is 4.31. The lowest BCUT2D eigenvalue weighted by Gasteiger charge is -2.13. The fraction of sp³-hybridized carbons (Fsp3) is 0.167. The first-order chi connectivity index (χ1) is 12.7. The second-order valence-electron chi connectivity index (χ2n) is 6.11. The summed E-state index contributed by atoms with van der Waals surface area (Å²) in [6.45, 7) is 2.08. The van der Waals surface area contributed by atoms with E-state index in [-0.39, 0.29) is 5.92 Å². The van der Waals surface area contributed by atoms with Crippen molar-refractivity contribution >= 4 is 0 Å². The molecule has 0 N–H and O–H groups in total. The molecule has 130 valence electrons. The van der Waals surface area contributed by atoms with Gasteiger partial charge < -0.3 is 9.47 Å². The minimum absolute atomic E-state index is 0.0203. The van der Waals surface area contributed by atoms with Crippen molar-refractivity contribution in [1.82, 2.24) is 0 Å². The maximum atomic E-state index is 5.27. The topological polar surface area (TPSA) is 18.5 Å². The highest BCUT2D eigenvalue weighted by atomic mass is 16.5. The van der Waals surface area contributed by atoms with E-state index in [0.717, 1.165) is 28.2 Å². The van der Waals surface area contributed by atoms with Crippen LogP contribution in [0.1, 0.15) is 28.2 Å². The second kappa shape index (κ2) is 8.27. The molecule has 0 saturated carbocycles. The van der Waals surface area contributed by atoms with Crippen molar-refractivity contribution in [2.45, 2.75) is 12.8 Å². The van der Waals surface area contributed by atoms with Crippen LogP contribution in [-0.2, 0) is 0 Å². The molecule has 2 heteroatoms. The van der Waals surface area contributed by atoms with Gasteiger partial charge in [0.15, 0.2) is 0 Å². The number of hydrogen-bond acceptors (Lipinski definition) is 2. The Balaban J connectivity index is 1.98. The molecule has 0 fully saturated rings. The first kappa shape index (κ1) is 17.6. The lowest BCUT2D eigenvalue weighted by atomic mass is 9.91. The molecule has 0 unspecified atom stereocenters. The maximum Gasteiger partial charge on any atom is 0.118 e. The summed E-state index contributed by atoms with van der Waals surface area (Å²) < 4.78 is 10.5. The summed E-state index contributed by atoms with van der Waals surface area (Å²) in [4.78, 5) is 0. The Bertz CT molecular complexity index is 848. The van der Waals surface area contributed by atoms with E-state index in [4.69, 9.17) is 9.47 Å². The van der Waals surface area contributed by atoms with Crippen LogP contribution in [0.4, 0.5) is 0 Å². The van der Waals surface area contributed by atoms with Crippen molar-refractivity contribution in [2.24, 2.45) is 0 Å². The van der Waals surface area contributed by atoms with E-state index in [9.17, 15) is 0 Å². The van der Waals surface area contributed by atoms with E-state index in [1.54, 1.807) is 14.2 Å². The van der Waals surface area contributed by atoms with Gasteiger partial charge in [-0.2, -0.15) is 0 Å². The third-order valence-electron chi connectivity index (χ3n) is 4.31. The Morgan fingerprint density at radius 3 is 1.54 bits per heavy atom. The van der Waals surface area contributed by atoms with Crippen LogP contribution in [0.5, 0.6) is 11.5 Å². The summed E-state index contributed by atoms with van der Waals surface area (Å²) in [5, 5.41) is 0. The van der Waals surface area contributed by atoms with Crippen LogP contribution < -0.4 is 9.47 Å². The molecule has 0 aliphatic heterocycles. The Morgan fingerprint density at radius 2 is 1.12 bits per heavy atom. The van der Waals surface area contributed by atoms with Crippen molar-refractivity contribution in [2.75, 3.05) is 14.2 Å². The molecule has 0 aliphatic rings. The molecule has 0 heterocycles. The van der Waals surface area contributed by atoms with E-state index in [1.807, 2.05) is 24.3 Å². The van der Waals surface area contributed by atoms with Crippen LogP contribution in [-0.4, -0.2) is 14.2 Å². The summed E-state index contributed by atoms with van der Waals surface area (Å²) in [6.07, 6.45) is 0. The molecular formula is C24H22O2. The molecule has 0 bridgehead atoms.